The van der Waals surface area contributed by atoms with Crippen molar-refractivity contribution in [3.63, 3.8) is 0 Å². The van der Waals surface area contributed by atoms with Crippen LogP contribution in [0.2, 0.25) is 5.02 Å². The average Bonchev–Trinajstić information content (AvgIpc) is 2.71. The molecule has 0 spiro atoms. The molecule has 7 heteroatoms. The molecule has 2 amide bonds. The molecule has 0 aliphatic rings. The standard InChI is InChI=1S/C13H12ClN3O2S/c1-7-8(2)20-13(15-7)17-12(19)11(18)16-10-6-4-3-5-9(10)14/h3-6H,1-2H3,(H,16,18)(H,15,17,19). The maximum atomic E-state index is 11.8. The SMILES string of the molecule is Cc1nc(NC(=O)C(=O)Nc2ccccc2Cl)sc1C. The molecule has 1 aromatic carbocycles. The fraction of sp³-hybridized carbons (Fsp3) is 0.154. The maximum Gasteiger partial charge on any atom is 0.315 e. The van der Waals surface area contributed by atoms with Gasteiger partial charge in [0.25, 0.3) is 0 Å². The van der Waals surface area contributed by atoms with Crippen LogP contribution in [0.25, 0.3) is 0 Å². The molecule has 0 atom stereocenters. The minimum Gasteiger partial charge on any atom is -0.316 e. The highest BCUT2D eigenvalue weighted by Gasteiger charge is 2.17. The lowest BCUT2D eigenvalue weighted by atomic mass is 10.3. The predicted molar refractivity (Wildman–Crippen MR) is 80.3 cm³/mol. The van der Waals surface area contributed by atoms with Crippen LogP contribution in [0.5, 0.6) is 0 Å². The van der Waals surface area contributed by atoms with Crippen molar-refractivity contribution in [3.8, 4) is 0 Å². The number of carbonyl (C=O) groups is 2. The van der Waals surface area contributed by atoms with Gasteiger partial charge in [-0.25, -0.2) is 4.98 Å². The largest absolute Gasteiger partial charge is 0.316 e. The first-order valence-electron chi connectivity index (χ1n) is 5.78. The van der Waals surface area contributed by atoms with E-state index in [-0.39, 0.29) is 0 Å². The van der Waals surface area contributed by atoms with Gasteiger partial charge < -0.3 is 5.32 Å². The van der Waals surface area contributed by atoms with Crippen LogP contribution >= 0.6 is 22.9 Å². The van der Waals surface area contributed by atoms with Crippen molar-refractivity contribution in [2.24, 2.45) is 0 Å². The Bertz CT molecular complexity index is 650. The Morgan fingerprint density at radius 3 is 2.40 bits per heavy atom. The fourth-order valence-corrected chi connectivity index (χ4v) is 2.41. The molecule has 0 fully saturated rings. The molecule has 0 aliphatic carbocycles. The molecule has 2 rings (SSSR count). The summed E-state index contributed by atoms with van der Waals surface area (Å²) in [6.07, 6.45) is 0. The summed E-state index contributed by atoms with van der Waals surface area (Å²) >= 11 is 7.22. The van der Waals surface area contributed by atoms with E-state index in [4.69, 9.17) is 11.6 Å². The monoisotopic (exact) mass is 309 g/mol. The molecule has 0 saturated carbocycles. The van der Waals surface area contributed by atoms with Gasteiger partial charge >= 0.3 is 11.8 Å². The van der Waals surface area contributed by atoms with Gasteiger partial charge in [0.2, 0.25) is 0 Å². The molecule has 2 aromatic rings. The number of nitrogens with one attached hydrogen (secondary N) is 2. The summed E-state index contributed by atoms with van der Waals surface area (Å²) in [7, 11) is 0. The Morgan fingerprint density at radius 1 is 1.15 bits per heavy atom. The van der Waals surface area contributed by atoms with Crippen LogP contribution < -0.4 is 10.6 Å². The highest BCUT2D eigenvalue weighted by Crippen LogP contribution is 2.22. The number of rotatable bonds is 2. The van der Waals surface area contributed by atoms with E-state index in [2.05, 4.69) is 15.6 Å². The van der Waals surface area contributed by atoms with Crippen LogP contribution in [-0.4, -0.2) is 16.8 Å². The van der Waals surface area contributed by atoms with Gasteiger partial charge in [0.1, 0.15) is 0 Å². The third-order valence-electron chi connectivity index (χ3n) is 2.58. The zero-order valence-corrected chi connectivity index (χ0v) is 12.4. The van der Waals surface area contributed by atoms with Crippen molar-refractivity contribution < 1.29 is 9.59 Å². The number of hydrogen-bond donors (Lipinski definition) is 2. The van der Waals surface area contributed by atoms with Gasteiger partial charge in [-0.1, -0.05) is 23.7 Å². The van der Waals surface area contributed by atoms with E-state index in [0.29, 0.717) is 15.8 Å². The van der Waals surface area contributed by atoms with Gasteiger partial charge in [-0.2, -0.15) is 0 Å². The lowest BCUT2D eigenvalue weighted by molar-refractivity contribution is -0.132. The van der Waals surface area contributed by atoms with Crippen LogP contribution in [0.1, 0.15) is 10.6 Å². The van der Waals surface area contributed by atoms with Gasteiger partial charge in [-0.05, 0) is 26.0 Å². The number of aryl methyl sites for hydroxylation is 2. The molecule has 0 saturated heterocycles. The molecule has 0 unspecified atom stereocenters. The van der Waals surface area contributed by atoms with Gasteiger partial charge in [0, 0.05) is 4.88 Å². The predicted octanol–water partition coefficient (Wildman–Crippen LogP) is 2.99. The summed E-state index contributed by atoms with van der Waals surface area (Å²) in [6.45, 7) is 3.73. The number of anilines is 2. The Balaban J connectivity index is 2.02. The van der Waals surface area contributed by atoms with Crippen LogP contribution in [0.3, 0.4) is 0 Å². The molecule has 0 bridgehead atoms. The van der Waals surface area contributed by atoms with Gasteiger partial charge in [-0.3, -0.25) is 14.9 Å². The van der Waals surface area contributed by atoms with E-state index in [0.717, 1.165) is 10.6 Å². The summed E-state index contributed by atoms with van der Waals surface area (Å²) in [4.78, 5) is 28.6. The number of thiazole rings is 1. The number of halogens is 1. The second kappa shape index (κ2) is 6.02. The first-order valence-corrected chi connectivity index (χ1v) is 6.97. The first kappa shape index (κ1) is 14.5. The molecule has 20 heavy (non-hydrogen) atoms. The van der Waals surface area contributed by atoms with Gasteiger partial charge in [0.15, 0.2) is 5.13 Å². The van der Waals surface area contributed by atoms with Crippen molar-refractivity contribution in [2.45, 2.75) is 13.8 Å². The Hall–Kier alpha value is -1.92. The van der Waals surface area contributed by atoms with E-state index >= 15 is 0 Å². The summed E-state index contributed by atoms with van der Waals surface area (Å²) in [5, 5.41) is 5.67. The van der Waals surface area contributed by atoms with Crippen LogP contribution in [0.4, 0.5) is 10.8 Å². The number of carbonyl (C=O) groups excluding carboxylic acids is 2. The van der Waals surface area contributed by atoms with Gasteiger partial charge in [0.05, 0.1) is 16.4 Å². The lowest BCUT2D eigenvalue weighted by Crippen LogP contribution is -2.29. The number of hydrogen-bond acceptors (Lipinski definition) is 4. The van der Waals surface area contributed by atoms with Crippen LogP contribution in [0.15, 0.2) is 24.3 Å². The average molecular weight is 310 g/mol. The van der Waals surface area contributed by atoms with Crippen molar-refractivity contribution in [1.29, 1.82) is 0 Å². The highest BCUT2D eigenvalue weighted by atomic mass is 35.5. The molecular weight excluding hydrogens is 298 g/mol. The quantitative estimate of drug-likeness (QED) is 0.838. The topological polar surface area (TPSA) is 71.1 Å². The molecule has 5 nitrogen and oxygen atoms in total. The normalized spacial score (nSPS) is 10.2. The number of benzene rings is 1. The fourth-order valence-electron chi connectivity index (χ4n) is 1.42. The highest BCUT2D eigenvalue weighted by molar-refractivity contribution is 7.15. The molecule has 104 valence electrons. The van der Waals surface area contributed by atoms with E-state index < -0.39 is 11.8 Å². The maximum absolute atomic E-state index is 11.8. The van der Waals surface area contributed by atoms with Crippen molar-refractivity contribution in [1.82, 2.24) is 4.98 Å². The second-order valence-corrected chi connectivity index (χ2v) is 5.66. The Morgan fingerprint density at radius 2 is 1.80 bits per heavy atom. The van der Waals surface area contributed by atoms with Crippen molar-refractivity contribution in [3.05, 3.63) is 39.9 Å². The first-order chi connectivity index (χ1) is 9.47. The summed E-state index contributed by atoms with van der Waals surface area (Å²) in [5.74, 6) is -1.57. The van der Waals surface area contributed by atoms with E-state index in [9.17, 15) is 9.59 Å². The minimum atomic E-state index is -0.788. The van der Waals surface area contributed by atoms with Crippen LogP contribution in [-0.2, 0) is 9.59 Å². The van der Waals surface area contributed by atoms with Crippen molar-refractivity contribution in [2.75, 3.05) is 10.6 Å². The number of nitrogens with zero attached hydrogens (tertiary/aromatic N) is 1. The summed E-state index contributed by atoms with van der Waals surface area (Å²) in [5.41, 5.74) is 1.22. The molecule has 1 aromatic heterocycles. The van der Waals surface area contributed by atoms with E-state index in [1.54, 1.807) is 24.3 Å². The summed E-state index contributed by atoms with van der Waals surface area (Å²) < 4.78 is 0. The smallest absolute Gasteiger partial charge is 0.315 e. The Labute approximate surface area is 125 Å². The molecule has 1 heterocycles. The van der Waals surface area contributed by atoms with E-state index in [1.807, 2.05) is 13.8 Å². The number of aromatic nitrogens is 1. The third kappa shape index (κ3) is 3.34. The number of amides is 2. The Kier molecular flexibility index (Phi) is 4.36. The zero-order chi connectivity index (χ0) is 14.7. The molecule has 2 N–H and O–H groups in total. The van der Waals surface area contributed by atoms with Gasteiger partial charge in [-0.15, -0.1) is 11.3 Å². The molecular formula is C13H12ClN3O2S. The van der Waals surface area contributed by atoms with Crippen LogP contribution in [0, 0.1) is 13.8 Å². The minimum absolute atomic E-state index is 0.370. The third-order valence-corrected chi connectivity index (χ3v) is 3.90. The second-order valence-electron chi connectivity index (χ2n) is 4.05. The summed E-state index contributed by atoms with van der Waals surface area (Å²) in [6, 6.07) is 6.69. The zero-order valence-electron chi connectivity index (χ0n) is 10.9. The molecule has 0 radical (unpaired) electrons. The lowest BCUT2D eigenvalue weighted by Gasteiger charge is -2.06. The van der Waals surface area contributed by atoms with E-state index in [1.165, 1.54) is 11.3 Å². The number of para-hydroxylation sites is 1. The van der Waals surface area contributed by atoms with Crippen molar-refractivity contribution >= 4 is 45.6 Å². The molecule has 0 aliphatic heterocycles.